The summed E-state index contributed by atoms with van der Waals surface area (Å²) in [6.45, 7) is 0. The van der Waals surface area contributed by atoms with E-state index in [4.69, 9.17) is 16.6 Å². The summed E-state index contributed by atoms with van der Waals surface area (Å²) in [6.07, 6.45) is 0.112. The second kappa shape index (κ2) is 14.4. The highest BCUT2D eigenvalue weighted by Crippen LogP contribution is 2.19. The molecule has 0 bridgehead atoms. The molecule has 0 aliphatic carbocycles. The second-order valence-electron chi connectivity index (χ2n) is 9.65. The number of benzene rings is 2. The van der Waals surface area contributed by atoms with Crippen LogP contribution >= 0.6 is 0 Å². The van der Waals surface area contributed by atoms with Gasteiger partial charge in [-0.3, -0.25) is 24.0 Å². The number of hydrogen-bond acceptors (Lipinski definition) is 7. The molecule has 10 N–H and O–H groups in total. The van der Waals surface area contributed by atoms with Crippen LogP contribution in [0.4, 0.5) is 0 Å². The molecule has 3 aromatic rings. The van der Waals surface area contributed by atoms with Gasteiger partial charge in [0.1, 0.15) is 18.1 Å². The molecule has 0 aliphatic rings. The Morgan fingerprint density at radius 1 is 0.738 bits per heavy atom. The summed E-state index contributed by atoms with van der Waals surface area (Å²) >= 11 is 0. The van der Waals surface area contributed by atoms with Gasteiger partial charge in [0.05, 0.1) is 18.9 Å². The Balaban J connectivity index is 1.86. The maximum Gasteiger partial charge on any atom is 0.326 e. The lowest BCUT2D eigenvalue weighted by molar-refractivity contribution is -0.142. The third kappa shape index (κ3) is 8.89. The maximum atomic E-state index is 13.5. The van der Waals surface area contributed by atoms with E-state index in [1.165, 1.54) is 0 Å². The number of hydrogen-bond donors (Lipinski definition) is 8. The van der Waals surface area contributed by atoms with Gasteiger partial charge in [0.2, 0.25) is 23.6 Å². The number of aromatic nitrogens is 1. The van der Waals surface area contributed by atoms with E-state index in [1.54, 1.807) is 48.7 Å². The van der Waals surface area contributed by atoms with Gasteiger partial charge in [-0.25, -0.2) is 4.79 Å². The molecule has 1 aromatic heterocycles. The number of nitrogens with two attached hydrogens (primary N) is 2. The molecule has 0 fully saturated rings. The van der Waals surface area contributed by atoms with Gasteiger partial charge in [0.25, 0.3) is 0 Å². The third-order valence-electron chi connectivity index (χ3n) is 6.40. The van der Waals surface area contributed by atoms with Crippen LogP contribution in [0, 0.1) is 0 Å². The summed E-state index contributed by atoms with van der Waals surface area (Å²) in [4.78, 5) is 76.8. The Bertz CT molecular complexity index is 1460. The van der Waals surface area contributed by atoms with E-state index in [-0.39, 0.29) is 12.8 Å². The number of nitrogens with one attached hydrogen (secondary N) is 4. The number of para-hydroxylation sites is 1. The summed E-state index contributed by atoms with van der Waals surface area (Å²) in [6, 6.07) is 10.0. The summed E-state index contributed by atoms with van der Waals surface area (Å²) < 4.78 is 0. The Hall–Kier alpha value is -5.24. The zero-order valence-electron chi connectivity index (χ0n) is 22.4. The smallest absolute Gasteiger partial charge is 0.326 e. The van der Waals surface area contributed by atoms with Gasteiger partial charge in [-0.1, -0.05) is 48.5 Å². The number of H-pyrrole nitrogens is 1. The maximum absolute atomic E-state index is 13.5. The molecule has 222 valence electrons. The van der Waals surface area contributed by atoms with Crippen LogP contribution in [0.3, 0.4) is 0 Å². The van der Waals surface area contributed by atoms with Gasteiger partial charge in [-0.2, -0.15) is 0 Å². The highest BCUT2D eigenvalue weighted by molar-refractivity contribution is 5.97. The van der Waals surface area contributed by atoms with Crippen molar-refractivity contribution < 1.29 is 39.0 Å². The molecule has 0 saturated carbocycles. The first kappa shape index (κ1) is 31.3. The molecular formula is C28H32N6O8. The van der Waals surface area contributed by atoms with E-state index in [1.807, 2.05) is 12.1 Å². The predicted octanol–water partition coefficient (Wildman–Crippen LogP) is -0.830. The van der Waals surface area contributed by atoms with Crippen LogP contribution < -0.4 is 27.4 Å². The number of amides is 4. The average Bonchev–Trinajstić information content (AvgIpc) is 3.34. The van der Waals surface area contributed by atoms with Crippen molar-refractivity contribution >= 4 is 46.5 Å². The van der Waals surface area contributed by atoms with Crippen molar-refractivity contribution in [2.45, 2.75) is 49.9 Å². The minimum Gasteiger partial charge on any atom is -0.481 e. The third-order valence-corrected chi connectivity index (χ3v) is 6.40. The fraction of sp³-hybridized carbons (Fsp3) is 0.286. The molecule has 0 spiro atoms. The van der Waals surface area contributed by atoms with Gasteiger partial charge in [-0.15, -0.1) is 0 Å². The Labute approximate surface area is 239 Å². The molecule has 0 saturated heterocycles. The first-order chi connectivity index (χ1) is 19.9. The molecular weight excluding hydrogens is 548 g/mol. The molecule has 14 nitrogen and oxygen atoms in total. The summed E-state index contributed by atoms with van der Waals surface area (Å²) in [7, 11) is 0. The quantitative estimate of drug-likeness (QED) is 0.112. The lowest BCUT2D eigenvalue weighted by Crippen LogP contribution is -2.58. The van der Waals surface area contributed by atoms with E-state index in [9.17, 15) is 33.9 Å². The number of carbonyl (C=O) groups excluding carboxylic acids is 4. The minimum atomic E-state index is -1.59. The van der Waals surface area contributed by atoms with Crippen molar-refractivity contribution in [1.29, 1.82) is 0 Å². The number of aliphatic carboxylic acids is 2. The molecule has 4 unspecified atom stereocenters. The number of carboxylic acid groups (broad SMARTS) is 2. The van der Waals surface area contributed by atoms with E-state index in [0.717, 1.165) is 10.9 Å². The van der Waals surface area contributed by atoms with Crippen molar-refractivity contribution in [3.8, 4) is 0 Å². The monoisotopic (exact) mass is 580 g/mol. The summed E-state index contributed by atoms with van der Waals surface area (Å²) in [5.41, 5.74) is 12.9. The van der Waals surface area contributed by atoms with Gasteiger partial charge >= 0.3 is 11.9 Å². The fourth-order valence-electron chi connectivity index (χ4n) is 4.29. The lowest BCUT2D eigenvalue weighted by Gasteiger charge is -2.25. The molecule has 0 radical (unpaired) electrons. The highest BCUT2D eigenvalue weighted by atomic mass is 16.4. The van der Waals surface area contributed by atoms with Gasteiger partial charge in [0.15, 0.2) is 0 Å². The van der Waals surface area contributed by atoms with E-state index in [0.29, 0.717) is 11.1 Å². The Kier molecular flexibility index (Phi) is 10.7. The van der Waals surface area contributed by atoms with Crippen LogP contribution in [0.5, 0.6) is 0 Å². The van der Waals surface area contributed by atoms with Crippen LogP contribution in [-0.4, -0.2) is 74.9 Å². The van der Waals surface area contributed by atoms with E-state index in [2.05, 4.69) is 20.9 Å². The number of fused-ring (bicyclic) bond motifs is 1. The van der Waals surface area contributed by atoms with Crippen molar-refractivity contribution in [2.24, 2.45) is 11.5 Å². The van der Waals surface area contributed by atoms with Crippen molar-refractivity contribution in [3.05, 3.63) is 71.9 Å². The highest BCUT2D eigenvalue weighted by Gasteiger charge is 2.32. The normalized spacial score (nSPS) is 13.7. The zero-order valence-corrected chi connectivity index (χ0v) is 22.4. The van der Waals surface area contributed by atoms with Crippen LogP contribution in [0.25, 0.3) is 10.9 Å². The molecule has 14 heteroatoms. The minimum absolute atomic E-state index is 0.0303. The molecule has 4 atom stereocenters. The Morgan fingerprint density at radius 2 is 1.33 bits per heavy atom. The SMILES string of the molecule is NC(=O)CC(NC(=O)C(N)CC(=O)O)C(=O)NC(Cc1c[nH]c2ccccc12)C(=O)NC(Cc1ccccc1)C(=O)O. The molecule has 42 heavy (non-hydrogen) atoms. The van der Waals surface area contributed by atoms with Crippen LogP contribution in [0.1, 0.15) is 24.0 Å². The molecule has 3 rings (SSSR count). The van der Waals surface area contributed by atoms with Crippen molar-refractivity contribution in [2.75, 3.05) is 0 Å². The number of aromatic amines is 1. The van der Waals surface area contributed by atoms with Crippen molar-refractivity contribution in [1.82, 2.24) is 20.9 Å². The molecule has 0 aliphatic heterocycles. The average molecular weight is 581 g/mol. The number of rotatable bonds is 15. The Morgan fingerprint density at radius 3 is 1.98 bits per heavy atom. The zero-order chi connectivity index (χ0) is 30.8. The van der Waals surface area contributed by atoms with E-state index < -0.39 is 72.6 Å². The fourth-order valence-corrected chi connectivity index (χ4v) is 4.29. The standard InChI is InChI=1S/C28H32N6O8/c29-18(12-24(36)37)25(38)32-21(13-23(30)35)27(40)33-20(11-16-14-31-19-9-5-4-8-17(16)19)26(39)34-22(28(41)42)10-15-6-2-1-3-7-15/h1-9,14,18,20-22,31H,10-13,29H2,(H2,30,35)(H,32,38)(H,33,40)(H,34,39)(H,36,37)(H,41,42). The molecule has 4 amide bonds. The van der Waals surface area contributed by atoms with Crippen LogP contribution in [0.2, 0.25) is 0 Å². The number of carboxylic acids is 2. The first-order valence-corrected chi connectivity index (χ1v) is 12.9. The first-order valence-electron chi connectivity index (χ1n) is 12.9. The van der Waals surface area contributed by atoms with Gasteiger partial charge in [0, 0.05) is 29.9 Å². The second-order valence-corrected chi connectivity index (χ2v) is 9.65. The lowest BCUT2D eigenvalue weighted by atomic mass is 10.0. The number of carbonyl (C=O) groups is 6. The van der Waals surface area contributed by atoms with Gasteiger partial charge < -0.3 is 42.6 Å². The van der Waals surface area contributed by atoms with Gasteiger partial charge in [-0.05, 0) is 17.2 Å². The number of primary amides is 1. The van der Waals surface area contributed by atoms with Crippen LogP contribution in [-0.2, 0) is 41.6 Å². The summed E-state index contributed by atoms with van der Waals surface area (Å²) in [5.74, 6) is -6.45. The molecule has 1 heterocycles. The largest absolute Gasteiger partial charge is 0.481 e. The van der Waals surface area contributed by atoms with Crippen LogP contribution in [0.15, 0.2) is 60.8 Å². The van der Waals surface area contributed by atoms with Crippen molar-refractivity contribution in [3.63, 3.8) is 0 Å². The van der Waals surface area contributed by atoms with E-state index >= 15 is 0 Å². The topological polar surface area (TPSA) is 247 Å². The molecule has 2 aromatic carbocycles. The predicted molar refractivity (Wildman–Crippen MR) is 150 cm³/mol. The summed E-state index contributed by atoms with van der Waals surface area (Å²) in [5, 5.41) is 26.6.